The molecule has 0 saturated heterocycles. The van der Waals surface area contributed by atoms with Gasteiger partial charge in [0, 0.05) is 12.8 Å². The van der Waals surface area contributed by atoms with E-state index in [0.29, 0.717) is 18.6 Å². The SMILES string of the molecule is CCC(=O)Cc1cc(C)c(C)cc1C. The first-order valence-electron chi connectivity index (χ1n) is 5.13. The Balaban J connectivity index is 2.98. The van der Waals surface area contributed by atoms with Gasteiger partial charge in [0.15, 0.2) is 0 Å². The molecule has 0 saturated carbocycles. The summed E-state index contributed by atoms with van der Waals surface area (Å²) in [5.74, 6) is 0.316. The number of Topliss-reactive ketones (excluding diaryl/α,β-unsaturated/α-hetero) is 1. The van der Waals surface area contributed by atoms with Crippen molar-refractivity contribution in [2.75, 3.05) is 0 Å². The molecule has 1 heteroatoms. The summed E-state index contributed by atoms with van der Waals surface area (Å²) in [6.07, 6.45) is 1.22. The van der Waals surface area contributed by atoms with E-state index in [9.17, 15) is 4.79 Å². The van der Waals surface area contributed by atoms with Crippen LogP contribution in [0.15, 0.2) is 12.1 Å². The molecule has 14 heavy (non-hydrogen) atoms. The Morgan fingerprint density at radius 3 is 2.21 bits per heavy atom. The molecule has 0 aliphatic rings. The first kappa shape index (κ1) is 11.0. The molecule has 1 nitrogen and oxygen atoms in total. The summed E-state index contributed by atoms with van der Waals surface area (Å²) in [7, 11) is 0. The average Bonchev–Trinajstić information content (AvgIpc) is 2.14. The molecule has 0 amide bonds. The van der Waals surface area contributed by atoms with Gasteiger partial charge < -0.3 is 0 Å². The van der Waals surface area contributed by atoms with Crippen molar-refractivity contribution in [2.24, 2.45) is 0 Å². The number of carbonyl (C=O) groups excluding carboxylic acids is 1. The Hall–Kier alpha value is -1.11. The van der Waals surface area contributed by atoms with Crippen molar-refractivity contribution >= 4 is 5.78 Å². The van der Waals surface area contributed by atoms with E-state index in [4.69, 9.17) is 0 Å². The van der Waals surface area contributed by atoms with Gasteiger partial charge in [-0.25, -0.2) is 0 Å². The Labute approximate surface area is 86.1 Å². The van der Waals surface area contributed by atoms with Crippen LogP contribution in [0, 0.1) is 20.8 Å². The summed E-state index contributed by atoms with van der Waals surface area (Å²) in [5, 5.41) is 0. The molecule has 0 aromatic heterocycles. The highest BCUT2D eigenvalue weighted by atomic mass is 16.1. The van der Waals surface area contributed by atoms with Crippen molar-refractivity contribution in [3.05, 3.63) is 34.4 Å². The minimum absolute atomic E-state index is 0.316. The second-order valence-corrected chi connectivity index (χ2v) is 3.93. The number of hydrogen-bond donors (Lipinski definition) is 0. The molecule has 1 aromatic rings. The monoisotopic (exact) mass is 190 g/mol. The van der Waals surface area contributed by atoms with Crippen molar-refractivity contribution in [1.29, 1.82) is 0 Å². The van der Waals surface area contributed by atoms with E-state index in [0.717, 1.165) is 0 Å². The van der Waals surface area contributed by atoms with Gasteiger partial charge in [-0.3, -0.25) is 4.79 Å². The number of benzene rings is 1. The lowest BCUT2D eigenvalue weighted by molar-refractivity contribution is -0.118. The van der Waals surface area contributed by atoms with Crippen LogP contribution in [0.1, 0.15) is 35.6 Å². The summed E-state index contributed by atoms with van der Waals surface area (Å²) >= 11 is 0. The molecular weight excluding hydrogens is 172 g/mol. The van der Waals surface area contributed by atoms with E-state index in [1.54, 1.807) is 0 Å². The maximum absolute atomic E-state index is 11.3. The Morgan fingerprint density at radius 2 is 1.64 bits per heavy atom. The van der Waals surface area contributed by atoms with Gasteiger partial charge >= 0.3 is 0 Å². The zero-order valence-electron chi connectivity index (χ0n) is 9.48. The zero-order chi connectivity index (χ0) is 10.7. The number of aryl methyl sites for hydroxylation is 3. The molecule has 0 aliphatic carbocycles. The Bertz CT molecular complexity index is 350. The molecule has 0 atom stereocenters. The van der Waals surface area contributed by atoms with Crippen LogP contribution in [0.4, 0.5) is 0 Å². The number of ketones is 1. The molecule has 0 spiro atoms. The molecule has 1 aromatic carbocycles. The molecule has 0 radical (unpaired) electrons. The summed E-state index contributed by atoms with van der Waals surface area (Å²) < 4.78 is 0. The predicted molar refractivity (Wildman–Crippen MR) is 59.7 cm³/mol. The fraction of sp³-hybridized carbons (Fsp3) is 0.462. The summed E-state index contributed by atoms with van der Waals surface area (Å²) in [5.41, 5.74) is 4.99. The normalized spacial score (nSPS) is 10.3. The van der Waals surface area contributed by atoms with E-state index in [1.165, 1.54) is 22.3 Å². The number of hydrogen-bond acceptors (Lipinski definition) is 1. The largest absolute Gasteiger partial charge is 0.299 e. The molecule has 0 fully saturated rings. The van der Waals surface area contributed by atoms with Gasteiger partial charge in [0.1, 0.15) is 5.78 Å². The van der Waals surface area contributed by atoms with Crippen LogP contribution in [-0.4, -0.2) is 5.78 Å². The molecular formula is C13H18O. The lowest BCUT2D eigenvalue weighted by Crippen LogP contribution is -2.03. The first-order chi connectivity index (χ1) is 6.54. The van der Waals surface area contributed by atoms with Crippen LogP contribution < -0.4 is 0 Å². The van der Waals surface area contributed by atoms with E-state index in [1.807, 2.05) is 6.92 Å². The molecule has 0 heterocycles. The molecule has 1 rings (SSSR count). The van der Waals surface area contributed by atoms with E-state index >= 15 is 0 Å². The van der Waals surface area contributed by atoms with Crippen LogP contribution in [-0.2, 0) is 11.2 Å². The van der Waals surface area contributed by atoms with Crippen LogP contribution in [0.2, 0.25) is 0 Å². The minimum Gasteiger partial charge on any atom is -0.299 e. The van der Waals surface area contributed by atoms with Crippen LogP contribution in [0.3, 0.4) is 0 Å². The fourth-order valence-electron chi connectivity index (χ4n) is 1.55. The highest BCUT2D eigenvalue weighted by Crippen LogP contribution is 2.16. The Kier molecular flexibility index (Phi) is 3.45. The van der Waals surface area contributed by atoms with Gasteiger partial charge in [0.2, 0.25) is 0 Å². The van der Waals surface area contributed by atoms with Crippen LogP contribution in [0.5, 0.6) is 0 Å². The van der Waals surface area contributed by atoms with Crippen LogP contribution >= 0.6 is 0 Å². The smallest absolute Gasteiger partial charge is 0.137 e. The van der Waals surface area contributed by atoms with E-state index in [-0.39, 0.29) is 0 Å². The minimum atomic E-state index is 0.316. The Morgan fingerprint density at radius 1 is 1.07 bits per heavy atom. The second-order valence-electron chi connectivity index (χ2n) is 3.93. The zero-order valence-corrected chi connectivity index (χ0v) is 9.48. The summed E-state index contributed by atoms with van der Waals surface area (Å²) in [6, 6.07) is 4.30. The molecule has 0 unspecified atom stereocenters. The average molecular weight is 190 g/mol. The van der Waals surface area contributed by atoms with E-state index in [2.05, 4.69) is 32.9 Å². The summed E-state index contributed by atoms with van der Waals surface area (Å²) in [6.45, 7) is 8.19. The van der Waals surface area contributed by atoms with Gasteiger partial charge in [-0.2, -0.15) is 0 Å². The van der Waals surface area contributed by atoms with Gasteiger partial charge in [-0.15, -0.1) is 0 Å². The lowest BCUT2D eigenvalue weighted by atomic mass is 9.97. The maximum atomic E-state index is 11.3. The second kappa shape index (κ2) is 4.41. The number of rotatable bonds is 3. The maximum Gasteiger partial charge on any atom is 0.137 e. The van der Waals surface area contributed by atoms with Crippen molar-refractivity contribution in [1.82, 2.24) is 0 Å². The molecule has 76 valence electrons. The third kappa shape index (κ3) is 2.44. The molecule has 0 aliphatic heterocycles. The first-order valence-corrected chi connectivity index (χ1v) is 5.13. The lowest BCUT2D eigenvalue weighted by Gasteiger charge is -2.08. The quantitative estimate of drug-likeness (QED) is 0.715. The van der Waals surface area contributed by atoms with Crippen molar-refractivity contribution in [3.8, 4) is 0 Å². The van der Waals surface area contributed by atoms with Gasteiger partial charge in [0.25, 0.3) is 0 Å². The standard InChI is InChI=1S/C13H18O/c1-5-13(14)8-12-7-10(3)9(2)6-11(12)4/h6-7H,5,8H2,1-4H3. The topological polar surface area (TPSA) is 17.1 Å². The third-order valence-corrected chi connectivity index (χ3v) is 2.73. The van der Waals surface area contributed by atoms with Gasteiger partial charge in [0.05, 0.1) is 0 Å². The van der Waals surface area contributed by atoms with Crippen molar-refractivity contribution in [2.45, 2.75) is 40.5 Å². The van der Waals surface area contributed by atoms with E-state index < -0.39 is 0 Å². The highest BCUT2D eigenvalue weighted by Gasteiger charge is 2.05. The van der Waals surface area contributed by atoms with Gasteiger partial charge in [-0.1, -0.05) is 19.1 Å². The summed E-state index contributed by atoms with van der Waals surface area (Å²) in [4.78, 5) is 11.3. The molecule has 0 bridgehead atoms. The molecule has 0 N–H and O–H groups in total. The van der Waals surface area contributed by atoms with Crippen LogP contribution in [0.25, 0.3) is 0 Å². The van der Waals surface area contributed by atoms with Crippen molar-refractivity contribution in [3.63, 3.8) is 0 Å². The van der Waals surface area contributed by atoms with Crippen molar-refractivity contribution < 1.29 is 4.79 Å². The van der Waals surface area contributed by atoms with Gasteiger partial charge in [-0.05, 0) is 43.0 Å². The highest BCUT2D eigenvalue weighted by molar-refractivity contribution is 5.80. The third-order valence-electron chi connectivity index (χ3n) is 2.73. The number of carbonyl (C=O) groups is 1. The fourth-order valence-corrected chi connectivity index (χ4v) is 1.55. The predicted octanol–water partition coefficient (Wildman–Crippen LogP) is 3.13.